The van der Waals surface area contributed by atoms with Gasteiger partial charge in [-0.2, -0.15) is 9.97 Å². The topological polar surface area (TPSA) is 77.1 Å². The summed E-state index contributed by atoms with van der Waals surface area (Å²) in [4.78, 5) is 31.9. The Labute approximate surface area is 271 Å². The van der Waals surface area contributed by atoms with E-state index in [2.05, 4.69) is 34.0 Å². The lowest BCUT2D eigenvalue weighted by Crippen LogP contribution is -2.54. The molecule has 3 fully saturated rings. The third kappa shape index (κ3) is 6.51. The number of fused-ring (bicyclic) bond motifs is 2. The molecule has 1 saturated carbocycles. The molecule has 1 aromatic heterocycles. The van der Waals surface area contributed by atoms with Crippen LogP contribution >= 0.6 is 0 Å². The molecule has 9 heteroatoms. The van der Waals surface area contributed by atoms with Gasteiger partial charge < -0.3 is 29.7 Å². The van der Waals surface area contributed by atoms with Crippen molar-refractivity contribution in [2.45, 2.75) is 70.6 Å². The summed E-state index contributed by atoms with van der Waals surface area (Å²) in [6.07, 6.45) is 9.07. The number of anilines is 2. The number of hydrogen-bond donors (Lipinski definition) is 1. The maximum absolute atomic E-state index is 13.1. The summed E-state index contributed by atoms with van der Waals surface area (Å²) in [7, 11) is 2.14. The lowest BCUT2D eigenvalue weighted by molar-refractivity contribution is -0.128. The number of nitrogens with one attached hydrogen (secondary N) is 1. The SMILES string of the molecule is [2H]C([2H])([2H])c1cccc2cccc(N3CCc4c(nc(OC[C@@H]5CCCN5C)nc4N4CCN(C(=O)/C=C/CNC5CC5)[C@@H](C)C4)C3)c12. The van der Waals surface area contributed by atoms with E-state index < -0.39 is 6.85 Å². The molecule has 9 nitrogen and oxygen atoms in total. The zero-order valence-corrected chi connectivity index (χ0v) is 26.5. The van der Waals surface area contributed by atoms with E-state index in [0.717, 1.165) is 59.5 Å². The molecule has 0 radical (unpaired) electrons. The Morgan fingerprint density at radius 1 is 1.09 bits per heavy atom. The van der Waals surface area contributed by atoms with Crippen molar-refractivity contribution in [3.05, 3.63) is 65.4 Å². The Morgan fingerprint density at radius 3 is 2.73 bits per heavy atom. The maximum Gasteiger partial charge on any atom is 0.318 e. The minimum Gasteiger partial charge on any atom is -0.462 e. The monoisotopic (exact) mass is 612 g/mol. The molecule has 238 valence electrons. The van der Waals surface area contributed by atoms with Crippen molar-refractivity contribution in [2.24, 2.45) is 0 Å². The number of likely N-dealkylation sites (N-methyl/N-ethyl adjacent to an activating group) is 1. The van der Waals surface area contributed by atoms with E-state index in [1.54, 1.807) is 12.1 Å². The summed E-state index contributed by atoms with van der Waals surface area (Å²) in [5.74, 6) is 0.940. The van der Waals surface area contributed by atoms with Gasteiger partial charge in [0.05, 0.1) is 12.2 Å². The van der Waals surface area contributed by atoms with Crippen molar-refractivity contribution in [1.82, 2.24) is 25.1 Å². The van der Waals surface area contributed by atoms with Crippen LogP contribution in [0.25, 0.3) is 10.8 Å². The molecule has 2 saturated heterocycles. The van der Waals surface area contributed by atoms with Crippen LogP contribution in [0.3, 0.4) is 0 Å². The number of ether oxygens (including phenoxy) is 1. The quantitative estimate of drug-likeness (QED) is 0.358. The normalized spacial score (nSPS) is 23.7. The molecular formula is C36H47N7O2. The molecule has 4 heterocycles. The molecule has 1 amide bonds. The molecule has 2 aromatic carbocycles. The number of aryl methyl sites for hydroxylation is 1. The Bertz CT molecular complexity index is 1670. The Kier molecular flexibility index (Phi) is 7.64. The van der Waals surface area contributed by atoms with E-state index in [1.807, 2.05) is 41.3 Å². The summed E-state index contributed by atoms with van der Waals surface area (Å²) >= 11 is 0. The van der Waals surface area contributed by atoms with Crippen molar-refractivity contribution in [2.75, 3.05) is 62.7 Å². The van der Waals surface area contributed by atoms with Crippen LogP contribution in [0.1, 0.15) is 53.5 Å². The summed E-state index contributed by atoms with van der Waals surface area (Å²) in [6, 6.07) is 12.9. The first kappa shape index (κ1) is 26.5. The van der Waals surface area contributed by atoms with Gasteiger partial charge in [0.1, 0.15) is 12.4 Å². The number of rotatable bonds is 9. The standard InChI is InChI=1S/C36H47N7O2/c1-25-8-4-9-27-10-5-12-32(34(25)27)41-19-16-30-31(23-41)38-36(45-24-29-11-7-18-40(29)3)39-35(30)42-20-21-43(26(2)22-42)33(44)13-6-17-37-28-14-15-28/h4-6,8-10,12-13,26,28-29,37H,7,11,14-24H2,1-3H3/b13-6+/t26-,29-/m0/s1/i1D3. The van der Waals surface area contributed by atoms with E-state index >= 15 is 0 Å². The maximum atomic E-state index is 13.1. The van der Waals surface area contributed by atoms with Gasteiger partial charge in [-0.05, 0) is 76.5 Å². The van der Waals surface area contributed by atoms with E-state index in [4.69, 9.17) is 18.8 Å². The minimum absolute atomic E-state index is 0.0171. The van der Waals surface area contributed by atoms with E-state index in [1.165, 1.54) is 12.8 Å². The smallest absolute Gasteiger partial charge is 0.318 e. The number of likely N-dealkylation sites (tertiary alicyclic amines) is 1. The van der Waals surface area contributed by atoms with Crippen LogP contribution in [0.5, 0.6) is 6.01 Å². The molecule has 0 spiro atoms. The molecule has 1 aliphatic carbocycles. The van der Waals surface area contributed by atoms with Crippen LogP contribution in [0, 0.1) is 6.85 Å². The Morgan fingerprint density at radius 2 is 1.96 bits per heavy atom. The van der Waals surface area contributed by atoms with Crippen LogP contribution in [0.15, 0.2) is 48.6 Å². The molecule has 3 aliphatic heterocycles. The lowest BCUT2D eigenvalue weighted by Gasteiger charge is -2.41. The Balaban J connectivity index is 1.15. The number of amides is 1. The first-order valence-corrected chi connectivity index (χ1v) is 16.6. The second kappa shape index (κ2) is 13.0. The van der Waals surface area contributed by atoms with Gasteiger partial charge in [0.2, 0.25) is 5.91 Å². The van der Waals surface area contributed by atoms with Crippen LogP contribution in [-0.4, -0.2) is 96.7 Å². The number of piperazine rings is 1. The highest BCUT2D eigenvalue weighted by atomic mass is 16.5. The molecule has 3 aromatic rings. The molecule has 0 bridgehead atoms. The number of benzene rings is 2. The average molecular weight is 613 g/mol. The van der Waals surface area contributed by atoms with Crippen molar-refractivity contribution in [1.29, 1.82) is 0 Å². The van der Waals surface area contributed by atoms with Gasteiger partial charge in [0, 0.05) is 77.7 Å². The third-order valence-electron chi connectivity index (χ3n) is 9.89. The van der Waals surface area contributed by atoms with Crippen LogP contribution in [-0.2, 0) is 17.8 Å². The third-order valence-corrected chi connectivity index (χ3v) is 9.89. The van der Waals surface area contributed by atoms with Gasteiger partial charge in [-0.25, -0.2) is 0 Å². The molecule has 2 atom stereocenters. The second-order valence-electron chi connectivity index (χ2n) is 13.1. The van der Waals surface area contributed by atoms with Gasteiger partial charge in [0.25, 0.3) is 0 Å². The van der Waals surface area contributed by atoms with Crippen LogP contribution in [0.2, 0.25) is 0 Å². The number of carbonyl (C=O) groups is 1. The second-order valence-corrected chi connectivity index (χ2v) is 13.1. The average Bonchev–Trinajstić information content (AvgIpc) is 3.82. The van der Waals surface area contributed by atoms with Crippen molar-refractivity contribution < 1.29 is 13.6 Å². The molecule has 0 unspecified atom stereocenters. The van der Waals surface area contributed by atoms with Crippen molar-refractivity contribution in [3.63, 3.8) is 0 Å². The molecule has 7 rings (SSSR count). The van der Waals surface area contributed by atoms with E-state index in [0.29, 0.717) is 69.4 Å². The molecule has 45 heavy (non-hydrogen) atoms. The van der Waals surface area contributed by atoms with Crippen LogP contribution < -0.4 is 19.9 Å². The molecule has 4 aliphatic rings. The van der Waals surface area contributed by atoms with E-state index in [9.17, 15) is 4.79 Å². The van der Waals surface area contributed by atoms with Gasteiger partial charge in [0.15, 0.2) is 0 Å². The van der Waals surface area contributed by atoms with E-state index in [-0.39, 0.29) is 11.9 Å². The first-order valence-electron chi connectivity index (χ1n) is 18.1. The largest absolute Gasteiger partial charge is 0.462 e. The highest BCUT2D eigenvalue weighted by molar-refractivity contribution is 5.97. The summed E-state index contributed by atoms with van der Waals surface area (Å²) in [5.41, 5.74) is 3.28. The van der Waals surface area contributed by atoms with Gasteiger partial charge in [-0.1, -0.05) is 36.4 Å². The molecule has 1 N–H and O–H groups in total. The predicted molar refractivity (Wildman–Crippen MR) is 180 cm³/mol. The lowest BCUT2D eigenvalue weighted by atomic mass is 9.99. The van der Waals surface area contributed by atoms with Gasteiger partial charge in [-0.15, -0.1) is 0 Å². The number of aromatic nitrogens is 2. The van der Waals surface area contributed by atoms with Crippen molar-refractivity contribution >= 4 is 28.2 Å². The Hall–Kier alpha value is -3.69. The number of hydrogen-bond acceptors (Lipinski definition) is 8. The first-order chi connectivity index (χ1) is 23.2. The summed E-state index contributed by atoms with van der Waals surface area (Å²) in [6.45, 7) is 5.39. The molecular weight excluding hydrogens is 562 g/mol. The minimum atomic E-state index is -2.23. The predicted octanol–water partition coefficient (Wildman–Crippen LogP) is 4.32. The zero-order valence-electron chi connectivity index (χ0n) is 29.5. The fourth-order valence-corrected chi connectivity index (χ4v) is 7.12. The van der Waals surface area contributed by atoms with Crippen LogP contribution in [0.4, 0.5) is 11.5 Å². The fraction of sp³-hybridized carbons (Fsp3) is 0.528. The zero-order chi connectivity index (χ0) is 33.4. The van der Waals surface area contributed by atoms with Crippen molar-refractivity contribution in [3.8, 4) is 6.01 Å². The highest BCUT2D eigenvalue weighted by Gasteiger charge is 2.32. The van der Waals surface area contributed by atoms with Gasteiger partial charge in [-0.3, -0.25) is 4.79 Å². The highest BCUT2D eigenvalue weighted by Crippen LogP contribution is 2.36. The van der Waals surface area contributed by atoms with Gasteiger partial charge >= 0.3 is 6.01 Å². The fourth-order valence-electron chi connectivity index (χ4n) is 7.12. The summed E-state index contributed by atoms with van der Waals surface area (Å²) < 4.78 is 31.0. The number of carbonyl (C=O) groups excluding carboxylic acids is 1. The number of nitrogens with zero attached hydrogens (tertiary/aromatic N) is 6. The summed E-state index contributed by atoms with van der Waals surface area (Å²) in [5, 5.41) is 5.11.